The van der Waals surface area contributed by atoms with Gasteiger partial charge in [-0.25, -0.2) is 13.6 Å². The number of ether oxygens (including phenoxy) is 3. The molecule has 12 nitrogen and oxygen atoms in total. The van der Waals surface area contributed by atoms with Crippen molar-refractivity contribution in [2.45, 2.75) is 70.3 Å². The number of amides is 2. The van der Waals surface area contributed by atoms with E-state index in [1.165, 1.54) is 11.0 Å². The molecule has 0 aromatic heterocycles. The number of aryl methyl sites for hydroxylation is 1. The number of halogens is 3. The van der Waals surface area contributed by atoms with Crippen LogP contribution in [0.15, 0.2) is 84.4 Å². The number of fused-ring (bicyclic) bond motifs is 2. The third kappa shape index (κ3) is 9.52. The van der Waals surface area contributed by atoms with E-state index in [1.54, 1.807) is 25.3 Å². The number of carbonyl (C=O) groups excluding carboxylic acids is 2. The zero-order valence-electron chi connectivity index (χ0n) is 32.4. The third-order valence-corrected chi connectivity index (χ3v) is 12.6. The molecule has 2 fully saturated rings. The molecule has 1 aliphatic carbocycles. The first kappa shape index (κ1) is 41.6. The van der Waals surface area contributed by atoms with Gasteiger partial charge >= 0.3 is 6.09 Å². The maximum Gasteiger partial charge on any atom is 0.416 e. The van der Waals surface area contributed by atoms with Crippen LogP contribution in [0.4, 0.5) is 13.6 Å². The highest BCUT2D eigenvalue weighted by atomic mass is 35.5. The fraction of sp³-hybridized carbons (Fsp3) is 0.349. The molecule has 0 radical (unpaired) electrons. The molecule has 4 aromatic carbocycles. The van der Waals surface area contributed by atoms with Crippen LogP contribution in [-0.2, 0) is 40.0 Å². The van der Waals surface area contributed by atoms with Gasteiger partial charge in [0.15, 0.2) is 11.6 Å². The molecular formula is C43H42ClF2N3O9S. The Morgan fingerprint density at radius 2 is 1.75 bits per heavy atom. The molecule has 1 saturated heterocycles. The van der Waals surface area contributed by atoms with Gasteiger partial charge in [0.2, 0.25) is 0 Å². The van der Waals surface area contributed by atoms with Gasteiger partial charge in [-0.2, -0.15) is 0 Å². The van der Waals surface area contributed by atoms with Crippen LogP contribution in [0.1, 0.15) is 53.5 Å². The van der Waals surface area contributed by atoms with E-state index in [0.29, 0.717) is 36.3 Å². The van der Waals surface area contributed by atoms with Crippen LogP contribution in [0.2, 0.25) is 5.02 Å². The van der Waals surface area contributed by atoms with Crippen molar-refractivity contribution in [2.24, 2.45) is 0 Å². The first-order valence-corrected chi connectivity index (χ1v) is 21.0. The van der Waals surface area contributed by atoms with E-state index >= 15 is 4.79 Å². The summed E-state index contributed by atoms with van der Waals surface area (Å²) in [5, 5.41) is 9.46. The number of carbonyl (C=O) groups is 2. The van der Waals surface area contributed by atoms with Crippen molar-refractivity contribution in [3.05, 3.63) is 139 Å². The summed E-state index contributed by atoms with van der Waals surface area (Å²) in [4.78, 5) is 48.0. The van der Waals surface area contributed by atoms with Crippen molar-refractivity contribution in [1.29, 1.82) is 0 Å². The maximum absolute atomic E-state index is 15.2. The summed E-state index contributed by atoms with van der Waals surface area (Å²) < 4.78 is 58.4. The Hall–Kier alpha value is -5.54. The number of benzene rings is 4. The van der Waals surface area contributed by atoms with Gasteiger partial charge in [-0.1, -0.05) is 60.1 Å². The molecular weight excluding hydrogens is 808 g/mol. The van der Waals surface area contributed by atoms with E-state index in [9.17, 15) is 27.9 Å². The molecule has 4 aromatic rings. The molecule has 0 N–H and O–H groups in total. The van der Waals surface area contributed by atoms with E-state index in [2.05, 4.69) is 4.84 Å². The van der Waals surface area contributed by atoms with Gasteiger partial charge in [-0.15, -0.1) is 10.1 Å². The van der Waals surface area contributed by atoms with Crippen LogP contribution in [0.3, 0.4) is 0 Å². The second-order valence-electron chi connectivity index (χ2n) is 14.7. The summed E-state index contributed by atoms with van der Waals surface area (Å²) >= 11 is 5.91. The lowest BCUT2D eigenvalue weighted by Crippen LogP contribution is -2.61. The largest absolute Gasteiger partial charge is 0.496 e. The highest BCUT2D eigenvalue weighted by Crippen LogP contribution is 2.42. The van der Waals surface area contributed by atoms with Crippen LogP contribution in [0, 0.1) is 28.7 Å². The Morgan fingerprint density at radius 1 is 1.00 bits per heavy atom. The molecule has 59 heavy (non-hydrogen) atoms. The van der Waals surface area contributed by atoms with Crippen LogP contribution >= 0.6 is 11.6 Å². The minimum atomic E-state index is -1.35. The van der Waals surface area contributed by atoms with E-state index in [1.807, 2.05) is 54.3 Å². The van der Waals surface area contributed by atoms with Crippen molar-refractivity contribution >= 4 is 40.0 Å². The Bertz CT molecular complexity index is 2310. The van der Waals surface area contributed by atoms with Gasteiger partial charge in [-0.3, -0.25) is 13.9 Å². The van der Waals surface area contributed by atoms with E-state index in [0.717, 1.165) is 52.8 Å². The first-order valence-electron chi connectivity index (χ1n) is 19.1. The lowest BCUT2D eigenvalue weighted by Gasteiger charge is -2.47. The van der Waals surface area contributed by atoms with Gasteiger partial charge in [0.05, 0.1) is 25.8 Å². The molecule has 16 heteroatoms. The van der Waals surface area contributed by atoms with Crippen LogP contribution in [0.25, 0.3) is 5.57 Å². The third-order valence-electron chi connectivity index (χ3n) is 10.8. The fourth-order valence-electron chi connectivity index (χ4n) is 7.71. The Labute approximate surface area is 347 Å². The summed E-state index contributed by atoms with van der Waals surface area (Å²) in [6.45, 7) is 2.01. The van der Waals surface area contributed by atoms with Gasteiger partial charge in [0.25, 0.3) is 11.0 Å². The van der Waals surface area contributed by atoms with Crippen molar-refractivity contribution in [2.75, 3.05) is 25.2 Å². The summed E-state index contributed by atoms with van der Waals surface area (Å²) in [7, 11) is 0.250. The Kier molecular flexibility index (Phi) is 12.8. The molecule has 1 saturated carbocycles. The normalized spacial score (nSPS) is 18.6. The molecule has 3 aliphatic rings. The SMILES string of the molecule is COc1cccc(CN(C(=O)C2=C(c3ccc(CCCOc4c(F)ccc(F)c4Cl)cc3)CC3CS(=O)CC2N3C(=O)Oc2cccc(CO[N+](=O)[O-])c2)C2CC2)c1C. The smallest absolute Gasteiger partial charge is 0.416 e. The quantitative estimate of drug-likeness (QED) is 0.0504. The molecule has 3 unspecified atom stereocenters. The highest BCUT2D eigenvalue weighted by Gasteiger charge is 2.49. The van der Waals surface area contributed by atoms with E-state index < -0.39 is 50.7 Å². The summed E-state index contributed by atoms with van der Waals surface area (Å²) in [6, 6.07) is 20.1. The van der Waals surface area contributed by atoms with Crippen molar-refractivity contribution in [3.8, 4) is 17.2 Å². The highest BCUT2D eigenvalue weighted by molar-refractivity contribution is 7.85. The lowest BCUT2D eigenvalue weighted by molar-refractivity contribution is -0.763. The average molecular weight is 850 g/mol. The maximum atomic E-state index is 15.2. The number of nitrogens with zero attached hydrogens (tertiary/aromatic N) is 3. The first-order chi connectivity index (χ1) is 28.4. The summed E-state index contributed by atoms with van der Waals surface area (Å²) in [5.41, 5.74) is 5.10. The molecule has 310 valence electrons. The second-order valence-corrected chi connectivity index (χ2v) is 16.6. The van der Waals surface area contributed by atoms with Crippen LogP contribution < -0.4 is 14.2 Å². The molecule has 2 bridgehead atoms. The minimum absolute atomic E-state index is 0.0254. The number of hydrogen-bond acceptors (Lipinski definition) is 9. The summed E-state index contributed by atoms with van der Waals surface area (Å²) in [5.74, 6) is -1.06. The summed E-state index contributed by atoms with van der Waals surface area (Å²) in [6.07, 6.45) is 2.17. The van der Waals surface area contributed by atoms with Crippen molar-refractivity contribution in [3.63, 3.8) is 0 Å². The van der Waals surface area contributed by atoms with Crippen molar-refractivity contribution < 1.29 is 46.7 Å². The standard InChI is InChI=1S/C43H42ClF2N3O9S/c1-26-30(8-4-10-38(26)55-2)22-47(31-15-16-31)42(50)39-34(29-13-11-27(12-14-29)7-5-19-56-41-36(46)18-17-35(45)40(41)44)21-32-24-59(54)25-37(39)48(32)43(51)58-33-9-3-6-28(20-33)23-57-49(52)53/h3-4,6,8-14,17-18,20,31-32,37H,5,7,15-16,19,21-25H2,1-2H3. The Morgan fingerprint density at radius 3 is 2.47 bits per heavy atom. The monoisotopic (exact) mass is 849 g/mol. The zero-order valence-corrected chi connectivity index (χ0v) is 33.9. The van der Waals surface area contributed by atoms with Gasteiger partial charge in [0.1, 0.15) is 28.9 Å². The predicted molar refractivity (Wildman–Crippen MR) is 216 cm³/mol. The minimum Gasteiger partial charge on any atom is -0.496 e. The molecule has 7 rings (SSSR count). The molecule has 3 atom stereocenters. The second kappa shape index (κ2) is 18.2. The number of methoxy groups -OCH3 is 1. The van der Waals surface area contributed by atoms with E-state index in [-0.39, 0.29) is 54.6 Å². The van der Waals surface area contributed by atoms with E-state index in [4.69, 9.17) is 25.8 Å². The van der Waals surface area contributed by atoms with Gasteiger partial charge in [-0.05, 0) is 103 Å². The predicted octanol–water partition coefficient (Wildman–Crippen LogP) is 8.00. The lowest BCUT2D eigenvalue weighted by atomic mass is 9.84. The zero-order chi connectivity index (χ0) is 41.8. The number of rotatable bonds is 15. The van der Waals surface area contributed by atoms with Gasteiger partial charge < -0.3 is 23.9 Å². The average Bonchev–Trinajstić information content (AvgIpc) is 4.06. The van der Waals surface area contributed by atoms with Crippen molar-refractivity contribution in [1.82, 2.24) is 9.80 Å². The molecule has 2 heterocycles. The van der Waals surface area contributed by atoms with Gasteiger partial charge in [0, 0.05) is 40.5 Å². The Balaban J connectivity index is 1.19. The molecule has 2 amide bonds. The molecule has 0 spiro atoms. The topological polar surface area (TPSA) is 138 Å². The molecule has 2 aliphatic heterocycles. The van der Waals surface area contributed by atoms with Crippen LogP contribution in [0.5, 0.6) is 17.2 Å². The van der Waals surface area contributed by atoms with Crippen LogP contribution in [-0.4, -0.2) is 74.4 Å². The number of hydrogen-bond donors (Lipinski definition) is 0. The fourth-order valence-corrected chi connectivity index (χ4v) is 9.44.